The van der Waals surface area contributed by atoms with Crippen LogP contribution in [0.15, 0.2) is 128 Å². The number of rotatable bonds is 5. The largest absolute Gasteiger partial charge is 0.256 e. The van der Waals surface area contributed by atoms with Crippen molar-refractivity contribution >= 4 is 28.8 Å². The maximum absolute atomic E-state index is 16.5. The van der Waals surface area contributed by atoms with Gasteiger partial charge in [-0.1, -0.05) is 97.1 Å². The Bertz CT molecular complexity index is 1260. The van der Waals surface area contributed by atoms with Crippen LogP contribution in [0, 0.1) is 11.6 Å². The topological polar surface area (TPSA) is 12.9 Å². The lowest BCUT2D eigenvalue weighted by molar-refractivity contribution is 0.598. The summed E-state index contributed by atoms with van der Waals surface area (Å²) in [5.41, 5.74) is 0.778. The summed E-state index contributed by atoms with van der Waals surface area (Å²) in [5.74, 6) is -1.10. The molecule has 4 aromatic carbocycles. The molecule has 0 radical (unpaired) electrons. The van der Waals surface area contributed by atoms with E-state index < -0.39 is 19.7 Å². The minimum absolute atomic E-state index is 0.120. The van der Waals surface area contributed by atoms with Gasteiger partial charge in [0.15, 0.2) is 8.07 Å². The quantitative estimate of drug-likeness (QED) is 0.286. The first kappa shape index (κ1) is 21.0. The summed E-state index contributed by atoms with van der Waals surface area (Å²) in [6.45, 7) is 0. The number of aromatic nitrogens is 1. The van der Waals surface area contributed by atoms with Gasteiger partial charge in [-0.05, 0) is 39.8 Å². The van der Waals surface area contributed by atoms with Crippen LogP contribution in [-0.4, -0.2) is 13.1 Å². The van der Waals surface area contributed by atoms with Crippen molar-refractivity contribution in [3.8, 4) is 11.3 Å². The van der Waals surface area contributed by atoms with Crippen LogP contribution < -0.4 is 20.7 Å². The standard InChI is InChI=1S/C29H21F2NSi/c30-26-20-19-25(27-18-10-11-21-32-27)28(31)29(26)33(22-12-4-1-5-13-22,23-14-6-2-7-15-23)24-16-8-3-9-17-24/h1-21H. The Morgan fingerprint density at radius 2 is 1.00 bits per heavy atom. The normalized spacial score (nSPS) is 11.3. The Labute approximate surface area is 193 Å². The second-order valence-electron chi connectivity index (χ2n) is 7.85. The van der Waals surface area contributed by atoms with Crippen molar-refractivity contribution in [2.24, 2.45) is 0 Å². The second kappa shape index (κ2) is 8.92. The Morgan fingerprint density at radius 1 is 0.515 bits per heavy atom. The van der Waals surface area contributed by atoms with Gasteiger partial charge < -0.3 is 0 Å². The second-order valence-corrected chi connectivity index (χ2v) is 11.6. The highest BCUT2D eigenvalue weighted by Crippen LogP contribution is 2.23. The summed E-state index contributed by atoms with van der Waals surface area (Å²) >= 11 is 0. The minimum atomic E-state index is -3.33. The van der Waals surface area contributed by atoms with Gasteiger partial charge in [-0.15, -0.1) is 0 Å². The van der Waals surface area contributed by atoms with Gasteiger partial charge >= 0.3 is 0 Å². The van der Waals surface area contributed by atoms with E-state index in [9.17, 15) is 0 Å². The van der Waals surface area contributed by atoms with Crippen molar-refractivity contribution in [1.82, 2.24) is 4.98 Å². The van der Waals surface area contributed by atoms with E-state index in [-0.39, 0.29) is 5.19 Å². The minimum Gasteiger partial charge on any atom is -0.256 e. The molecular formula is C29H21F2NSi. The SMILES string of the molecule is Fc1ccc(-c2ccccn2)c(F)c1[Si](c1ccccc1)(c1ccccc1)c1ccccc1. The van der Waals surface area contributed by atoms with Crippen molar-refractivity contribution in [1.29, 1.82) is 0 Å². The monoisotopic (exact) mass is 449 g/mol. The van der Waals surface area contributed by atoms with Crippen LogP contribution in [0.3, 0.4) is 0 Å². The van der Waals surface area contributed by atoms with Crippen LogP contribution in [0.4, 0.5) is 8.78 Å². The molecule has 0 spiro atoms. The van der Waals surface area contributed by atoms with Crippen LogP contribution in [-0.2, 0) is 0 Å². The van der Waals surface area contributed by atoms with Crippen LogP contribution in [0.5, 0.6) is 0 Å². The molecule has 0 N–H and O–H groups in total. The number of halogens is 2. The molecule has 5 rings (SSSR count). The average Bonchev–Trinajstić information content (AvgIpc) is 2.89. The highest BCUT2D eigenvalue weighted by Gasteiger charge is 2.45. The molecule has 0 atom stereocenters. The maximum Gasteiger partial charge on any atom is 0.186 e. The summed E-state index contributed by atoms with van der Waals surface area (Å²) in [5, 5.41) is 2.87. The van der Waals surface area contributed by atoms with Crippen molar-refractivity contribution in [3.63, 3.8) is 0 Å². The number of hydrogen-bond donors (Lipinski definition) is 0. The molecule has 5 aromatic rings. The van der Waals surface area contributed by atoms with Gasteiger partial charge in [0.2, 0.25) is 0 Å². The maximum atomic E-state index is 16.5. The average molecular weight is 450 g/mol. The van der Waals surface area contributed by atoms with Crippen LogP contribution in [0.2, 0.25) is 0 Å². The third-order valence-electron chi connectivity index (χ3n) is 6.03. The Morgan fingerprint density at radius 3 is 1.45 bits per heavy atom. The fourth-order valence-corrected chi connectivity index (χ4v) is 9.46. The van der Waals surface area contributed by atoms with Crippen molar-refractivity contribution in [3.05, 3.63) is 139 Å². The molecule has 0 aliphatic rings. The lowest BCUT2D eigenvalue weighted by atomic mass is 10.1. The highest BCUT2D eigenvalue weighted by molar-refractivity contribution is 7.20. The van der Waals surface area contributed by atoms with Gasteiger partial charge in [-0.2, -0.15) is 0 Å². The van der Waals surface area contributed by atoms with E-state index in [1.54, 1.807) is 24.4 Å². The highest BCUT2D eigenvalue weighted by atomic mass is 28.3. The van der Waals surface area contributed by atoms with Gasteiger partial charge in [0.1, 0.15) is 11.6 Å². The van der Waals surface area contributed by atoms with E-state index in [0.717, 1.165) is 15.6 Å². The van der Waals surface area contributed by atoms with E-state index in [2.05, 4.69) is 4.98 Å². The first-order chi connectivity index (χ1) is 16.2. The number of hydrogen-bond acceptors (Lipinski definition) is 1. The molecule has 4 heteroatoms. The van der Waals surface area contributed by atoms with Crippen LogP contribution in [0.25, 0.3) is 11.3 Å². The van der Waals surface area contributed by atoms with E-state index >= 15 is 8.78 Å². The van der Waals surface area contributed by atoms with Crippen molar-refractivity contribution < 1.29 is 8.78 Å². The fraction of sp³-hybridized carbons (Fsp3) is 0. The van der Waals surface area contributed by atoms with Gasteiger partial charge in [0, 0.05) is 16.9 Å². The lowest BCUT2D eigenvalue weighted by Crippen LogP contribution is -2.76. The first-order valence-corrected chi connectivity index (χ1v) is 12.8. The van der Waals surface area contributed by atoms with Crippen LogP contribution in [0.1, 0.15) is 0 Å². The zero-order chi connectivity index (χ0) is 22.7. The first-order valence-electron chi connectivity index (χ1n) is 10.8. The Kier molecular flexibility index (Phi) is 5.67. The zero-order valence-corrected chi connectivity index (χ0v) is 18.8. The predicted molar refractivity (Wildman–Crippen MR) is 133 cm³/mol. The number of nitrogens with zero attached hydrogens (tertiary/aromatic N) is 1. The van der Waals surface area contributed by atoms with Gasteiger partial charge in [-0.3, -0.25) is 4.98 Å². The molecule has 0 bridgehead atoms. The van der Waals surface area contributed by atoms with Gasteiger partial charge in [0.05, 0.1) is 5.69 Å². The van der Waals surface area contributed by atoms with Crippen LogP contribution >= 0.6 is 0 Å². The number of benzene rings is 4. The zero-order valence-electron chi connectivity index (χ0n) is 17.8. The van der Waals surface area contributed by atoms with E-state index in [1.807, 2.05) is 91.0 Å². The van der Waals surface area contributed by atoms with E-state index in [0.29, 0.717) is 11.3 Å². The van der Waals surface area contributed by atoms with E-state index in [4.69, 9.17) is 0 Å². The molecule has 1 aromatic heterocycles. The molecule has 0 amide bonds. The number of pyridine rings is 1. The third kappa shape index (κ3) is 3.58. The summed E-state index contributed by atoms with van der Waals surface area (Å²) in [7, 11) is -3.33. The molecule has 0 unspecified atom stereocenters. The lowest BCUT2D eigenvalue weighted by Gasteiger charge is -2.35. The Hall–Kier alpha value is -3.89. The van der Waals surface area contributed by atoms with Gasteiger partial charge in [-0.25, -0.2) is 8.78 Å². The molecule has 160 valence electrons. The smallest absolute Gasteiger partial charge is 0.186 e. The summed E-state index contributed by atoms with van der Waals surface area (Å²) < 4.78 is 32.4. The van der Waals surface area contributed by atoms with E-state index in [1.165, 1.54) is 12.1 Å². The molecule has 0 fully saturated rings. The molecule has 0 saturated heterocycles. The molecule has 1 heterocycles. The molecule has 0 saturated carbocycles. The summed E-state index contributed by atoms with van der Waals surface area (Å²) in [6, 6.07) is 37.5. The van der Waals surface area contributed by atoms with Crippen molar-refractivity contribution in [2.75, 3.05) is 0 Å². The molecular weight excluding hydrogens is 428 g/mol. The molecule has 33 heavy (non-hydrogen) atoms. The van der Waals surface area contributed by atoms with Crippen molar-refractivity contribution in [2.45, 2.75) is 0 Å². The van der Waals surface area contributed by atoms with Gasteiger partial charge in [0.25, 0.3) is 0 Å². The molecule has 0 aliphatic carbocycles. The molecule has 0 aliphatic heterocycles. The summed E-state index contributed by atoms with van der Waals surface area (Å²) in [6.07, 6.45) is 1.62. The summed E-state index contributed by atoms with van der Waals surface area (Å²) in [4.78, 5) is 4.33. The Balaban J connectivity index is 1.95. The fourth-order valence-electron chi connectivity index (χ4n) is 4.61. The third-order valence-corrected chi connectivity index (χ3v) is 10.8. The predicted octanol–water partition coefficient (Wildman–Crippen LogP) is 4.40. The molecule has 1 nitrogen and oxygen atoms in total.